The molecule has 0 unspecified atom stereocenters. The monoisotopic (exact) mass is 303 g/mol. The fourth-order valence-corrected chi connectivity index (χ4v) is 2.42. The fourth-order valence-electron chi connectivity index (χ4n) is 2.42. The van der Waals surface area contributed by atoms with E-state index < -0.39 is 4.92 Å². The largest absolute Gasteiger partial charge is 0.367 e. The molecule has 1 saturated heterocycles. The molecule has 1 aliphatic rings. The topological polar surface area (TPSA) is 103 Å². The molecule has 0 atom stereocenters. The first-order chi connectivity index (χ1) is 10.6. The number of anilines is 1. The number of non-ortho nitro benzene ring substituents is 1. The van der Waals surface area contributed by atoms with Gasteiger partial charge in [-0.05, 0) is 13.0 Å². The van der Waals surface area contributed by atoms with Crippen LogP contribution >= 0.6 is 0 Å². The summed E-state index contributed by atoms with van der Waals surface area (Å²) in [6.07, 6.45) is 0. The number of piperazine rings is 1. The minimum absolute atomic E-state index is 0.0913. The van der Waals surface area contributed by atoms with Crippen molar-refractivity contribution in [1.82, 2.24) is 10.2 Å². The Labute approximate surface area is 128 Å². The molecule has 0 bridgehead atoms. The summed E-state index contributed by atoms with van der Waals surface area (Å²) in [6, 6.07) is 6.19. The molecule has 8 nitrogen and oxygen atoms in total. The van der Waals surface area contributed by atoms with Crippen LogP contribution in [0.15, 0.2) is 18.2 Å². The molecule has 22 heavy (non-hydrogen) atoms. The third-order valence-electron chi connectivity index (χ3n) is 3.55. The predicted molar refractivity (Wildman–Crippen MR) is 80.7 cm³/mol. The molecule has 0 saturated carbocycles. The Balaban J connectivity index is 2.10. The van der Waals surface area contributed by atoms with Gasteiger partial charge < -0.3 is 15.1 Å². The Hall–Kier alpha value is -2.82. The maximum Gasteiger partial charge on any atom is 0.317 e. The van der Waals surface area contributed by atoms with Crippen molar-refractivity contribution in [2.45, 2.75) is 6.92 Å². The van der Waals surface area contributed by atoms with Crippen LogP contribution in [0.5, 0.6) is 0 Å². The van der Waals surface area contributed by atoms with E-state index in [0.717, 1.165) is 0 Å². The van der Waals surface area contributed by atoms with Crippen molar-refractivity contribution in [3.05, 3.63) is 33.9 Å². The zero-order chi connectivity index (χ0) is 16.1. The van der Waals surface area contributed by atoms with Crippen molar-refractivity contribution < 1.29 is 9.72 Å². The Morgan fingerprint density at radius 3 is 2.64 bits per heavy atom. The van der Waals surface area contributed by atoms with Crippen LogP contribution in [0.3, 0.4) is 0 Å². The molecule has 0 radical (unpaired) electrons. The average molecular weight is 303 g/mol. The van der Waals surface area contributed by atoms with Crippen LogP contribution < -0.4 is 10.2 Å². The number of amides is 2. The van der Waals surface area contributed by atoms with Gasteiger partial charge in [0.1, 0.15) is 6.07 Å². The van der Waals surface area contributed by atoms with E-state index in [1.165, 1.54) is 12.1 Å². The lowest BCUT2D eigenvalue weighted by atomic mass is 10.1. The van der Waals surface area contributed by atoms with Gasteiger partial charge in [0.15, 0.2) is 0 Å². The third-order valence-corrected chi connectivity index (χ3v) is 3.55. The fraction of sp³-hybridized carbons (Fsp3) is 0.429. The van der Waals surface area contributed by atoms with E-state index in [0.29, 0.717) is 38.4 Å². The molecule has 8 heteroatoms. The van der Waals surface area contributed by atoms with Crippen molar-refractivity contribution in [1.29, 1.82) is 5.26 Å². The summed E-state index contributed by atoms with van der Waals surface area (Å²) in [7, 11) is 0. The second kappa shape index (κ2) is 6.76. The summed E-state index contributed by atoms with van der Waals surface area (Å²) in [6.45, 7) is 4.72. The molecule has 0 aliphatic carbocycles. The van der Waals surface area contributed by atoms with Gasteiger partial charge in [-0.3, -0.25) is 10.1 Å². The van der Waals surface area contributed by atoms with Gasteiger partial charge >= 0.3 is 6.03 Å². The highest BCUT2D eigenvalue weighted by atomic mass is 16.6. The molecule has 1 N–H and O–H groups in total. The van der Waals surface area contributed by atoms with Gasteiger partial charge in [0.2, 0.25) is 0 Å². The van der Waals surface area contributed by atoms with Gasteiger partial charge in [0.25, 0.3) is 5.69 Å². The number of nitrogens with zero attached hydrogens (tertiary/aromatic N) is 4. The van der Waals surface area contributed by atoms with Crippen molar-refractivity contribution in [2.75, 3.05) is 37.6 Å². The lowest BCUT2D eigenvalue weighted by Crippen LogP contribution is -2.52. The molecule has 1 aliphatic heterocycles. The first kappa shape index (κ1) is 15.6. The van der Waals surface area contributed by atoms with E-state index >= 15 is 0 Å². The summed E-state index contributed by atoms with van der Waals surface area (Å²) in [5.74, 6) is 0. The number of nitriles is 1. The lowest BCUT2D eigenvalue weighted by molar-refractivity contribution is -0.384. The zero-order valence-corrected chi connectivity index (χ0v) is 12.3. The SMILES string of the molecule is CCNC(=O)N1CCN(c2ccc([N+](=O)[O-])cc2C#N)CC1. The number of hydrogen-bond donors (Lipinski definition) is 1. The number of hydrogen-bond acceptors (Lipinski definition) is 5. The number of benzene rings is 1. The minimum atomic E-state index is -0.516. The van der Waals surface area contributed by atoms with Gasteiger partial charge in [-0.1, -0.05) is 0 Å². The first-order valence-electron chi connectivity index (χ1n) is 7.03. The molecular formula is C14H17N5O3. The smallest absolute Gasteiger partial charge is 0.317 e. The van der Waals surface area contributed by atoms with Gasteiger partial charge in [-0.15, -0.1) is 0 Å². The first-order valence-corrected chi connectivity index (χ1v) is 7.03. The normalized spacial score (nSPS) is 14.4. The molecule has 1 fully saturated rings. The highest BCUT2D eigenvalue weighted by molar-refractivity contribution is 5.74. The lowest BCUT2D eigenvalue weighted by Gasteiger charge is -2.36. The van der Waals surface area contributed by atoms with Crippen molar-refractivity contribution in [3.63, 3.8) is 0 Å². The quantitative estimate of drug-likeness (QED) is 0.670. The van der Waals surface area contributed by atoms with E-state index in [4.69, 9.17) is 0 Å². The maximum atomic E-state index is 11.8. The number of carbonyl (C=O) groups excluding carboxylic acids is 1. The van der Waals surface area contributed by atoms with Crippen molar-refractivity contribution in [3.8, 4) is 6.07 Å². The number of rotatable bonds is 3. The van der Waals surface area contributed by atoms with Gasteiger partial charge in [-0.2, -0.15) is 5.26 Å². The Morgan fingerprint density at radius 2 is 2.09 bits per heavy atom. The standard InChI is InChI=1S/C14H17N5O3/c1-2-16-14(20)18-7-5-17(6-8-18)13-4-3-12(19(21)22)9-11(13)10-15/h3-4,9H,2,5-8H2,1H3,(H,16,20). The number of urea groups is 1. The Morgan fingerprint density at radius 1 is 1.41 bits per heavy atom. The number of carbonyl (C=O) groups is 1. The molecule has 0 aromatic heterocycles. The van der Waals surface area contributed by atoms with Crippen LogP contribution in [-0.2, 0) is 0 Å². The van der Waals surface area contributed by atoms with Gasteiger partial charge in [-0.25, -0.2) is 4.79 Å². The highest BCUT2D eigenvalue weighted by Gasteiger charge is 2.23. The second-order valence-electron chi connectivity index (χ2n) is 4.88. The predicted octanol–water partition coefficient (Wildman–Crippen LogP) is 1.32. The van der Waals surface area contributed by atoms with Crippen LogP contribution in [0, 0.1) is 21.4 Å². The molecule has 2 rings (SSSR count). The minimum Gasteiger partial charge on any atom is -0.367 e. The van der Waals surface area contributed by atoms with Crippen molar-refractivity contribution in [2.24, 2.45) is 0 Å². The molecule has 0 spiro atoms. The van der Waals surface area contributed by atoms with Crippen LogP contribution in [-0.4, -0.2) is 48.6 Å². The molecule has 1 heterocycles. The molecule has 1 aromatic rings. The number of nitro groups is 1. The molecular weight excluding hydrogens is 286 g/mol. The maximum absolute atomic E-state index is 11.8. The van der Waals surface area contributed by atoms with Crippen LogP contribution in [0.2, 0.25) is 0 Å². The Bertz CT molecular complexity index is 617. The molecule has 2 amide bonds. The van der Waals surface area contributed by atoms with E-state index in [1.54, 1.807) is 11.0 Å². The third kappa shape index (κ3) is 3.25. The number of nitro benzene ring substituents is 1. The van der Waals surface area contributed by atoms with Crippen LogP contribution in [0.25, 0.3) is 0 Å². The highest BCUT2D eigenvalue weighted by Crippen LogP contribution is 2.25. The summed E-state index contributed by atoms with van der Waals surface area (Å²) in [4.78, 5) is 25.7. The van der Waals surface area contributed by atoms with Crippen LogP contribution in [0.1, 0.15) is 12.5 Å². The van der Waals surface area contributed by atoms with Gasteiger partial charge in [0.05, 0.1) is 16.2 Å². The van der Waals surface area contributed by atoms with Gasteiger partial charge in [0, 0.05) is 44.9 Å². The summed E-state index contributed by atoms with van der Waals surface area (Å²) in [5.41, 5.74) is 0.852. The number of nitrogens with one attached hydrogen (secondary N) is 1. The van der Waals surface area contributed by atoms with E-state index in [9.17, 15) is 20.2 Å². The van der Waals surface area contributed by atoms with E-state index in [-0.39, 0.29) is 17.3 Å². The summed E-state index contributed by atoms with van der Waals surface area (Å²) >= 11 is 0. The summed E-state index contributed by atoms with van der Waals surface area (Å²) in [5, 5.41) is 22.7. The van der Waals surface area contributed by atoms with E-state index in [2.05, 4.69) is 5.32 Å². The summed E-state index contributed by atoms with van der Waals surface area (Å²) < 4.78 is 0. The van der Waals surface area contributed by atoms with E-state index in [1.807, 2.05) is 17.9 Å². The molecule has 1 aromatic carbocycles. The van der Waals surface area contributed by atoms with Crippen molar-refractivity contribution >= 4 is 17.4 Å². The van der Waals surface area contributed by atoms with Crippen LogP contribution in [0.4, 0.5) is 16.2 Å². The molecule has 116 valence electrons. The zero-order valence-electron chi connectivity index (χ0n) is 12.3. The average Bonchev–Trinajstić information content (AvgIpc) is 2.54. The second-order valence-corrected chi connectivity index (χ2v) is 4.88. The Kier molecular flexibility index (Phi) is 4.78.